The maximum Gasteiger partial charge on any atom is 0.335 e. The van der Waals surface area contributed by atoms with Crippen LogP contribution in [0, 0.1) is 0 Å². The molecule has 2 heterocycles. The number of aromatic nitrogens is 2. The first kappa shape index (κ1) is 14.6. The fraction of sp³-hybridized carbons (Fsp3) is 0.0625. The fourth-order valence-electron chi connectivity index (χ4n) is 2.12. The normalized spacial score (nSPS) is 10.5. The van der Waals surface area contributed by atoms with Crippen LogP contribution in [0.1, 0.15) is 20.9 Å². The topological polar surface area (TPSA) is 97.4 Å². The summed E-state index contributed by atoms with van der Waals surface area (Å²) in [4.78, 5) is 22.5. The number of hydrogen-bond acceptors (Lipinski definition) is 4. The van der Waals surface area contributed by atoms with E-state index in [0.29, 0.717) is 5.88 Å². The molecule has 0 aliphatic carbocycles. The summed E-state index contributed by atoms with van der Waals surface area (Å²) < 4.78 is 6.91. The Morgan fingerprint density at radius 3 is 2.78 bits per heavy atom. The Labute approximate surface area is 131 Å². The molecule has 116 valence electrons. The fourth-order valence-corrected chi connectivity index (χ4v) is 2.12. The molecule has 0 radical (unpaired) electrons. The van der Waals surface area contributed by atoms with Gasteiger partial charge in [0.1, 0.15) is 0 Å². The Balaban J connectivity index is 1.91. The van der Waals surface area contributed by atoms with Gasteiger partial charge in [-0.05, 0) is 23.8 Å². The minimum atomic E-state index is -0.986. The molecule has 0 spiro atoms. The number of carbonyl (C=O) groups excluding carboxylic acids is 1. The van der Waals surface area contributed by atoms with Gasteiger partial charge in [-0.25, -0.2) is 9.48 Å². The molecule has 3 rings (SSSR count). The number of hydrogen-bond donors (Lipinski definition) is 2. The average Bonchev–Trinajstić information content (AvgIpc) is 3.23. The van der Waals surface area contributed by atoms with Crippen LogP contribution in [-0.2, 0) is 0 Å². The maximum absolute atomic E-state index is 11.5. The minimum absolute atomic E-state index is 0.187. The van der Waals surface area contributed by atoms with E-state index in [-0.39, 0.29) is 17.2 Å². The summed E-state index contributed by atoms with van der Waals surface area (Å²) in [5.74, 6) is -0.727. The first-order valence-corrected chi connectivity index (χ1v) is 6.79. The summed E-state index contributed by atoms with van der Waals surface area (Å²) in [5, 5.41) is 15.7. The molecular formula is C16H13N3O4. The Hall–Kier alpha value is -3.35. The van der Waals surface area contributed by atoms with Crippen LogP contribution in [0.5, 0.6) is 0 Å². The lowest BCUT2D eigenvalue weighted by Gasteiger charge is -1.99. The van der Waals surface area contributed by atoms with Crippen molar-refractivity contribution in [2.75, 3.05) is 7.05 Å². The summed E-state index contributed by atoms with van der Waals surface area (Å²) in [5.41, 5.74) is 1.68. The van der Waals surface area contributed by atoms with Crippen LogP contribution in [0.4, 0.5) is 0 Å². The Morgan fingerprint density at radius 1 is 1.22 bits per heavy atom. The number of nitrogens with zero attached hydrogens (tertiary/aromatic N) is 2. The zero-order valence-corrected chi connectivity index (χ0v) is 12.2. The van der Waals surface area contributed by atoms with Gasteiger partial charge in [-0.3, -0.25) is 4.79 Å². The van der Waals surface area contributed by atoms with Gasteiger partial charge in [0.05, 0.1) is 11.8 Å². The van der Waals surface area contributed by atoms with Crippen molar-refractivity contribution in [3.63, 3.8) is 0 Å². The molecule has 0 aliphatic rings. The number of carbonyl (C=O) groups is 2. The van der Waals surface area contributed by atoms with Crippen molar-refractivity contribution < 1.29 is 19.1 Å². The van der Waals surface area contributed by atoms with E-state index in [0.717, 1.165) is 11.1 Å². The van der Waals surface area contributed by atoms with Crippen molar-refractivity contribution in [3.8, 4) is 17.0 Å². The van der Waals surface area contributed by atoms with Crippen LogP contribution in [0.25, 0.3) is 17.0 Å². The van der Waals surface area contributed by atoms with Crippen molar-refractivity contribution in [1.82, 2.24) is 15.1 Å². The highest BCUT2D eigenvalue weighted by Crippen LogP contribution is 2.22. The number of nitrogens with one attached hydrogen (secondary N) is 1. The van der Waals surface area contributed by atoms with Crippen LogP contribution in [0.3, 0.4) is 0 Å². The van der Waals surface area contributed by atoms with E-state index in [4.69, 9.17) is 9.52 Å². The zero-order chi connectivity index (χ0) is 16.4. The largest absolute Gasteiger partial charge is 0.478 e. The standard InChI is InChI=1S/C16H13N3O4/c1-17-15(20)13-5-6-14(23-13)19-9-12(8-18-19)10-3-2-4-11(7-10)16(21)22/h2-9H,1H3,(H,17,20)(H,21,22). The third kappa shape index (κ3) is 2.84. The Bertz CT molecular complexity index is 879. The highest BCUT2D eigenvalue weighted by Gasteiger charge is 2.12. The van der Waals surface area contributed by atoms with Crippen molar-refractivity contribution in [2.45, 2.75) is 0 Å². The molecule has 7 nitrogen and oxygen atoms in total. The molecule has 2 N–H and O–H groups in total. The average molecular weight is 311 g/mol. The van der Waals surface area contributed by atoms with Gasteiger partial charge in [0.2, 0.25) is 5.88 Å². The van der Waals surface area contributed by atoms with Crippen LogP contribution in [-0.4, -0.2) is 33.8 Å². The molecular weight excluding hydrogens is 298 g/mol. The number of aromatic carboxylic acids is 1. The van der Waals surface area contributed by atoms with E-state index in [1.54, 1.807) is 42.7 Å². The number of amides is 1. The van der Waals surface area contributed by atoms with Gasteiger partial charge in [0.15, 0.2) is 5.76 Å². The summed E-state index contributed by atoms with van der Waals surface area (Å²) in [6.45, 7) is 0. The molecule has 0 saturated heterocycles. The first-order valence-electron chi connectivity index (χ1n) is 6.79. The van der Waals surface area contributed by atoms with Crippen LogP contribution in [0.15, 0.2) is 53.2 Å². The van der Waals surface area contributed by atoms with E-state index < -0.39 is 5.97 Å². The second-order valence-corrected chi connectivity index (χ2v) is 4.78. The lowest BCUT2D eigenvalue weighted by molar-refractivity contribution is 0.0696. The number of rotatable bonds is 4. The van der Waals surface area contributed by atoms with Gasteiger partial charge in [0, 0.05) is 24.9 Å². The molecule has 0 saturated carbocycles. The van der Waals surface area contributed by atoms with E-state index in [2.05, 4.69) is 10.4 Å². The minimum Gasteiger partial charge on any atom is -0.478 e. The molecule has 1 aromatic carbocycles. The van der Waals surface area contributed by atoms with Gasteiger partial charge < -0.3 is 14.8 Å². The van der Waals surface area contributed by atoms with Gasteiger partial charge in [0.25, 0.3) is 5.91 Å². The zero-order valence-electron chi connectivity index (χ0n) is 12.2. The SMILES string of the molecule is CNC(=O)c1ccc(-n2cc(-c3cccc(C(=O)O)c3)cn2)o1. The second kappa shape index (κ2) is 5.80. The van der Waals surface area contributed by atoms with Crippen LogP contribution >= 0.6 is 0 Å². The van der Waals surface area contributed by atoms with E-state index in [1.165, 1.54) is 17.8 Å². The number of carboxylic acids is 1. The molecule has 0 unspecified atom stereocenters. The van der Waals surface area contributed by atoms with E-state index in [9.17, 15) is 9.59 Å². The number of furan rings is 1. The lowest BCUT2D eigenvalue weighted by atomic mass is 10.1. The smallest absolute Gasteiger partial charge is 0.335 e. The quantitative estimate of drug-likeness (QED) is 0.769. The monoisotopic (exact) mass is 311 g/mol. The van der Waals surface area contributed by atoms with Crippen LogP contribution in [0.2, 0.25) is 0 Å². The van der Waals surface area contributed by atoms with Crippen molar-refractivity contribution in [2.24, 2.45) is 0 Å². The molecule has 3 aromatic rings. The second-order valence-electron chi connectivity index (χ2n) is 4.78. The van der Waals surface area contributed by atoms with Crippen molar-refractivity contribution in [3.05, 3.63) is 60.1 Å². The van der Waals surface area contributed by atoms with Crippen molar-refractivity contribution >= 4 is 11.9 Å². The van der Waals surface area contributed by atoms with Crippen LogP contribution < -0.4 is 5.32 Å². The number of carboxylic acid groups (broad SMARTS) is 1. The Kier molecular flexibility index (Phi) is 3.68. The van der Waals surface area contributed by atoms with Gasteiger partial charge in [-0.15, -0.1) is 0 Å². The third-order valence-corrected chi connectivity index (χ3v) is 3.29. The predicted molar refractivity (Wildman–Crippen MR) is 81.6 cm³/mol. The first-order chi connectivity index (χ1) is 11.1. The summed E-state index contributed by atoms with van der Waals surface area (Å²) in [6, 6.07) is 9.76. The molecule has 7 heteroatoms. The number of benzene rings is 1. The molecule has 2 aromatic heterocycles. The van der Waals surface area contributed by atoms with E-state index in [1.807, 2.05) is 0 Å². The predicted octanol–water partition coefficient (Wildman–Crippen LogP) is 2.19. The molecule has 0 aliphatic heterocycles. The molecule has 0 atom stereocenters. The van der Waals surface area contributed by atoms with Crippen molar-refractivity contribution in [1.29, 1.82) is 0 Å². The van der Waals surface area contributed by atoms with Gasteiger partial charge in [-0.1, -0.05) is 12.1 Å². The van der Waals surface area contributed by atoms with Gasteiger partial charge in [-0.2, -0.15) is 5.10 Å². The molecule has 23 heavy (non-hydrogen) atoms. The van der Waals surface area contributed by atoms with E-state index >= 15 is 0 Å². The highest BCUT2D eigenvalue weighted by molar-refractivity contribution is 5.91. The molecule has 1 amide bonds. The molecule has 0 bridgehead atoms. The summed E-state index contributed by atoms with van der Waals surface area (Å²) in [6.07, 6.45) is 3.30. The lowest BCUT2D eigenvalue weighted by Crippen LogP contribution is -2.16. The maximum atomic E-state index is 11.5. The Morgan fingerprint density at radius 2 is 2.04 bits per heavy atom. The highest BCUT2D eigenvalue weighted by atomic mass is 16.4. The summed E-state index contributed by atoms with van der Waals surface area (Å²) >= 11 is 0. The third-order valence-electron chi connectivity index (χ3n) is 3.29. The molecule has 0 fully saturated rings. The summed E-state index contributed by atoms with van der Waals surface area (Å²) in [7, 11) is 1.52. The van der Waals surface area contributed by atoms with Gasteiger partial charge >= 0.3 is 5.97 Å².